The second-order valence-corrected chi connectivity index (χ2v) is 8.81. The van der Waals surface area contributed by atoms with Gasteiger partial charge in [-0.2, -0.15) is 0 Å². The summed E-state index contributed by atoms with van der Waals surface area (Å²) in [6.07, 6.45) is 1.20. The van der Waals surface area contributed by atoms with Crippen LogP contribution in [0, 0.1) is 5.41 Å². The van der Waals surface area contributed by atoms with Crippen LogP contribution in [0.15, 0.2) is 59.5 Å². The Balaban J connectivity index is 2.01. The van der Waals surface area contributed by atoms with Crippen molar-refractivity contribution in [2.24, 2.45) is 5.41 Å². The van der Waals surface area contributed by atoms with Gasteiger partial charge < -0.3 is 0 Å². The molecular weight excluding hydrogens is 308 g/mol. The minimum absolute atomic E-state index is 0.0611. The predicted octanol–water partition coefficient (Wildman–Crippen LogP) is 3.57. The van der Waals surface area contributed by atoms with Crippen molar-refractivity contribution in [1.82, 2.24) is 0 Å². The molecule has 0 bridgehead atoms. The standard InChI is InChI=1S/C19H20O3S/c1-19(2)17(14-9-11-15(12-10-14)23(3,21)22)16(18(19)20)13-7-5-4-6-8-13/h4-12,16-17H,1-3H3/t16-,17-/m1/s1. The summed E-state index contributed by atoms with van der Waals surface area (Å²) in [6.45, 7) is 3.92. The van der Waals surface area contributed by atoms with Gasteiger partial charge in [0.1, 0.15) is 5.78 Å². The number of sulfone groups is 1. The first-order valence-electron chi connectivity index (χ1n) is 7.62. The maximum absolute atomic E-state index is 12.6. The Hall–Kier alpha value is -1.94. The molecule has 1 aliphatic rings. The maximum Gasteiger partial charge on any atom is 0.175 e. The second-order valence-electron chi connectivity index (χ2n) is 6.79. The first-order valence-corrected chi connectivity index (χ1v) is 9.51. The van der Waals surface area contributed by atoms with Crippen molar-refractivity contribution < 1.29 is 13.2 Å². The molecule has 0 spiro atoms. The first kappa shape index (κ1) is 15.9. The highest BCUT2D eigenvalue weighted by atomic mass is 32.2. The Morgan fingerprint density at radius 1 is 0.870 bits per heavy atom. The van der Waals surface area contributed by atoms with Crippen molar-refractivity contribution in [1.29, 1.82) is 0 Å². The Kier molecular flexibility index (Phi) is 3.68. The number of carbonyl (C=O) groups excluding carboxylic acids is 1. The first-order chi connectivity index (χ1) is 10.7. The molecule has 0 aliphatic heterocycles. The molecule has 120 valence electrons. The zero-order valence-electron chi connectivity index (χ0n) is 13.5. The third-order valence-electron chi connectivity index (χ3n) is 4.85. The smallest absolute Gasteiger partial charge is 0.175 e. The van der Waals surface area contributed by atoms with Crippen molar-refractivity contribution in [3.8, 4) is 0 Å². The molecule has 1 aliphatic carbocycles. The summed E-state index contributed by atoms with van der Waals surface area (Å²) in [4.78, 5) is 12.9. The third kappa shape index (κ3) is 2.61. The van der Waals surface area contributed by atoms with Crippen LogP contribution in [-0.4, -0.2) is 20.5 Å². The maximum atomic E-state index is 12.6. The van der Waals surface area contributed by atoms with E-state index in [9.17, 15) is 13.2 Å². The van der Waals surface area contributed by atoms with Crippen LogP contribution in [0.3, 0.4) is 0 Å². The fourth-order valence-corrected chi connectivity index (χ4v) is 4.19. The molecule has 4 heteroatoms. The van der Waals surface area contributed by atoms with Crippen LogP contribution in [-0.2, 0) is 14.6 Å². The molecule has 3 rings (SSSR count). The van der Waals surface area contributed by atoms with E-state index < -0.39 is 15.3 Å². The van der Waals surface area contributed by atoms with Gasteiger partial charge in [0.2, 0.25) is 0 Å². The molecule has 2 aromatic rings. The molecule has 0 N–H and O–H groups in total. The summed E-state index contributed by atoms with van der Waals surface area (Å²) < 4.78 is 23.2. The largest absolute Gasteiger partial charge is 0.298 e. The molecule has 0 saturated heterocycles. The lowest BCUT2D eigenvalue weighted by Crippen LogP contribution is -2.50. The molecular formula is C19H20O3S. The Bertz CT molecular complexity index is 834. The highest BCUT2D eigenvalue weighted by molar-refractivity contribution is 7.90. The quantitative estimate of drug-likeness (QED) is 0.865. The van der Waals surface area contributed by atoms with Crippen molar-refractivity contribution in [3.05, 3.63) is 65.7 Å². The molecule has 23 heavy (non-hydrogen) atoms. The summed E-state index contributed by atoms with van der Waals surface area (Å²) in [5.41, 5.74) is 1.59. The van der Waals surface area contributed by atoms with Gasteiger partial charge in [-0.1, -0.05) is 56.3 Å². The molecule has 3 nitrogen and oxygen atoms in total. The molecule has 0 unspecified atom stereocenters. The van der Waals surface area contributed by atoms with Crippen LogP contribution in [0.2, 0.25) is 0 Å². The van der Waals surface area contributed by atoms with E-state index in [4.69, 9.17) is 0 Å². The average molecular weight is 328 g/mol. The summed E-state index contributed by atoms with van der Waals surface area (Å²) in [5, 5.41) is 0. The summed E-state index contributed by atoms with van der Waals surface area (Å²) in [6, 6.07) is 16.7. The number of Topliss-reactive ketones (excluding diaryl/α,β-unsaturated/α-hetero) is 1. The topological polar surface area (TPSA) is 51.2 Å². The fourth-order valence-electron chi connectivity index (χ4n) is 3.56. The van der Waals surface area contributed by atoms with Gasteiger partial charge in [-0.3, -0.25) is 4.79 Å². The van der Waals surface area contributed by atoms with Gasteiger partial charge in [-0.15, -0.1) is 0 Å². The second kappa shape index (κ2) is 5.31. The van der Waals surface area contributed by atoms with Crippen LogP contribution in [0.5, 0.6) is 0 Å². The lowest BCUT2D eigenvalue weighted by Gasteiger charge is -2.50. The molecule has 2 atom stereocenters. The number of ketones is 1. The number of hydrogen-bond donors (Lipinski definition) is 0. The number of carbonyl (C=O) groups is 1. The molecule has 0 heterocycles. The van der Waals surface area contributed by atoms with E-state index in [0.29, 0.717) is 4.90 Å². The SMILES string of the molecule is CC1(C)C(=O)[C@H](c2ccccc2)[C@H]1c1ccc(S(C)(=O)=O)cc1. The summed E-state index contributed by atoms with van der Waals surface area (Å²) >= 11 is 0. The molecule has 1 fully saturated rings. The van der Waals surface area contributed by atoms with Gasteiger partial charge in [0.05, 0.1) is 10.8 Å². The number of hydrogen-bond acceptors (Lipinski definition) is 3. The van der Waals surface area contributed by atoms with Crippen LogP contribution in [0.1, 0.15) is 36.8 Å². The molecule has 0 radical (unpaired) electrons. The normalized spacial score (nSPS) is 23.3. The minimum atomic E-state index is -3.21. The van der Waals surface area contributed by atoms with Crippen molar-refractivity contribution in [2.45, 2.75) is 30.6 Å². The van der Waals surface area contributed by atoms with E-state index in [1.165, 1.54) is 6.26 Å². The monoisotopic (exact) mass is 328 g/mol. The highest BCUT2D eigenvalue weighted by Crippen LogP contribution is 2.58. The summed E-state index contributed by atoms with van der Waals surface area (Å²) in [5.74, 6) is 0.141. The van der Waals surface area contributed by atoms with E-state index in [2.05, 4.69) is 0 Å². The van der Waals surface area contributed by atoms with E-state index in [1.54, 1.807) is 12.1 Å². The van der Waals surface area contributed by atoms with Gasteiger partial charge in [0.15, 0.2) is 9.84 Å². The van der Waals surface area contributed by atoms with Gasteiger partial charge in [0.25, 0.3) is 0 Å². The Labute approximate surface area is 137 Å². The molecule has 1 saturated carbocycles. The predicted molar refractivity (Wildman–Crippen MR) is 90.3 cm³/mol. The highest BCUT2D eigenvalue weighted by Gasteiger charge is 2.56. The van der Waals surface area contributed by atoms with Crippen molar-refractivity contribution in [3.63, 3.8) is 0 Å². The van der Waals surface area contributed by atoms with Crippen molar-refractivity contribution >= 4 is 15.6 Å². The van der Waals surface area contributed by atoms with E-state index in [1.807, 2.05) is 56.3 Å². The van der Waals surface area contributed by atoms with Crippen LogP contribution < -0.4 is 0 Å². The van der Waals surface area contributed by atoms with Crippen LogP contribution >= 0.6 is 0 Å². The van der Waals surface area contributed by atoms with Crippen LogP contribution in [0.4, 0.5) is 0 Å². The van der Waals surface area contributed by atoms with E-state index >= 15 is 0 Å². The average Bonchev–Trinajstić information content (AvgIpc) is 2.52. The minimum Gasteiger partial charge on any atom is -0.298 e. The summed E-state index contributed by atoms with van der Waals surface area (Å²) in [7, 11) is -3.21. The number of rotatable bonds is 3. The van der Waals surface area contributed by atoms with Gasteiger partial charge >= 0.3 is 0 Å². The van der Waals surface area contributed by atoms with Crippen LogP contribution in [0.25, 0.3) is 0 Å². The molecule has 0 amide bonds. The van der Waals surface area contributed by atoms with E-state index in [-0.39, 0.29) is 17.6 Å². The fraction of sp³-hybridized carbons (Fsp3) is 0.316. The molecule has 2 aromatic carbocycles. The number of benzene rings is 2. The lowest BCUT2D eigenvalue weighted by molar-refractivity contribution is -0.141. The zero-order valence-corrected chi connectivity index (χ0v) is 14.3. The Morgan fingerprint density at radius 2 is 1.43 bits per heavy atom. The Morgan fingerprint density at radius 3 is 1.96 bits per heavy atom. The van der Waals surface area contributed by atoms with Gasteiger partial charge in [0, 0.05) is 17.6 Å². The lowest BCUT2D eigenvalue weighted by atomic mass is 9.51. The van der Waals surface area contributed by atoms with Gasteiger partial charge in [-0.25, -0.2) is 8.42 Å². The molecule has 0 aromatic heterocycles. The van der Waals surface area contributed by atoms with Crippen molar-refractivity contribution in [2.75, 3.05) is 6.26 Å². The zero-order chi connectivity index (χ0) is 16.8. The third-order valence-corrected chi connectivity index (χ3v) is 5.98. The van der Waals surface area contributed by atoms with E-state index in [0.717, 1.165) is 11.1 Å². The van der Waals surface area contributed by atoms with Gasteiger partial charge in [-0.05, 0) is 23.3 Å².